The Morgan fingerprint density at radius 3 is 1.37 bits per heavy atom. The normalized spacial score (nSPS) is 13.0. The van der Waals surface area contributed by atoms with E-state index in [1.165, 1.54) is 161 Å². The van der Waals surface area contributed by atoms with Crippen molar-refractivity contribution >= 4 is 27.1 Å². The van der Waals surface area contributed by atoms with Gasteiger partial charge in [-0.1, -0.05) is 256 Å². The van der Waals surface area contributed by atoms with E-state index < -0.39 is 0 Å². The van der Waals surface area contributed by atoms with Crippen LogP contribution in [-0.4, -0.2) is 0 Å². The maximum absolute atomic E-state index is 2.53. The first kappa shape index (κ1) is 41.7. The summed E-state index contributed by atoms with van der Waals surface area (Å²) < 4.78 is 0. The molecule has 340 valence electrons. The van der Waals surface area contributed by atoms with Crippen molar-refractivity contribution < 1.29 is 0 Å². The largest absolute Gasteiger partial charge is 0.0763 e. The lowest BCUT2D eigenvalue weighted by atomic mass is 9.78. The summed E-state index contributed by atoms with van der Waals surface area (Å²) in [6, 6.07) is 90.7. The molecular formula is C73H48. The number of hydrogen-bond donors (Lipinski definition) is 0. The molecule has 0 fully saturated rings. The van der Waals surface area contributed by atoms with Crippen LogP contribution >= 0.6 is 0 Å². The van der Waals surface area contributed by atoms with E-state index in [1.54, 1.807) is 0 Å². The summed E-state index contributed by atoms with van der Waals surface area (Å²) in [6.45, 7) is 2.30. The van der Waals surface area contributed by atoms with E-state index >= 15 is 0 Å². The van der Waals surface area contributed by atoms with E-state index in [-0.39, 0.29) is 0 Å². The smallest absolute Gasteiger partial charge is 0.000682 e. The van der Waals surface area contributed by atoms with Crippen molar-refractivity contribution in [3.8, 4) is 111 Å². The number of allylic oxidation sites excluding steroid dienone is 1. The average Bonchev–Trinajstić information content (AvgIpc) is 3.98. The second kappa shape index (κ2) is 16.5. The Bertz CT molecular complexity index is 4270. The van der Waals surface area contributed by atoms with Gasteiger partial charge in [-0.05, 0) is 173 Å². The molecule has 0 saturated heterocycles. The summed E-state index contributed by atoms with van der Waals surface area (Å²) in [6.07, 6.45) is 4.30. The van der Waals surface area contributed by atoms with Gasteiger partial charge in [-0.25, -0.2) is 0 Å². The lowest BCUT2D eigenvalue weighted by Gasteiger charge is -2.25. The first-order valence-electron chi connectivity index (χ1n) is 25.9. The van der Waals surface area contributed by atoms with Gasteiger partial charge in [-0.2, -0.15) is 0 Å². The molecule has 0 amide bonds. The first-order chi connectivity index (χ1) is 36.2. The fourth-order valence-electron chi connectivity index (χ4n) is 13.2. The molecule has 73 heavy (non-hydrogen) atoms. The van der Waals surface area contributed by atoms with E-state index in [9.17, 15) is 0 Å². The van der Waals surface area contributed by atoms with Crippen LogP contribution < -0.4 is 0 Å². The second-order valence-corrected chi connectivity index (χ2v) is 19.9. The van der Waals surface area contributed by atoms with Gasteiger partial charge in [0.25, 0.3) is 0 Å². The molecule has 0 aromatic heterocycles. The van der Waals surface area contributed by atoms with Crippen LogP contribution in [-0.2, 0) is 6.42 Å². The number of rotatable bonds is 7. The Labute approximate surface area is 426 Å². The quantitative estimate of drug-likeness (QED) is 0.149. The van der Waals surface area contributed by atoms with Gasteiger partial charge in [0.2, 0.25) is 0 Å². The fourth-order valence-corrected chi connectivity index (χ4v) is 13.2. The van der Waals surface area contributed by atoms with Gasteiger partial charge in [0.1, 0.15) is 0 Å². The zero-order valence-electron chi connectivity index (χ0n) is 40.6. The zero-order chi connectivity index (χ0) is 48.1. The third-order valence-corrected chi connectivity index (χ3v) is 16.1. The molecule has 0 heterocycles. The summed E-state index contributed by atoms with van der Waals surface area (Å²) in [4.78, 5) is 0. The van der Waals surface area contributed by atoms with Crippen LogP contribution in [0.2, 0.25) is 0 Å². The minimum Gasteiger partial charge on any atom is -0.0763 e. The summed E-state index contributed by atoms with van der Waals surface area (Å²) in [5.74, 6) is 0. The van der Waals surface area contributed by atoms with Crippen LogP contribution in [0.15, 0.2) is 249 Å². The third kappa shape index (κ3) is 6.14. The topological polar surface area (TPSA) is 0 Å². The van der Waals surface area contributed by atoms with Gasteiger partial charge in [-0.15, -0.1) is 0 Å². The van der Waals surface area contributed by atoms with E-state index in [2.05, 4.69) is 256 Å². The van der Waals surface area contributed by atoms with Gasteiger partial charge < -0.3 is 0 Å². The Morgan fingerprint density at radius 1 is 0.274 bits per heavy atom. The van der Waals surface area contributed by atoms with Crippen molar-refractivity contribution in [2.45, 2.75) is 19.8 Å². The first-order valence-corrected chi connectivity index (χ1v) is 25.9. The second-order valence-electron chi connectivity index (χ2n) is 19.9. The molecule has 0 atom stereocenters. The predicted octanol–water partition coefficient (Wildman–Crippen LogP) is 20.0. The predicted molar refractivity (Wildman–Crippen MR) is 310 cm³/mol. The van der Waals surface area contributed by atoms with E-state index in [0.29, 0.717) is 0 Å². The van der Waals surface area contributed by atoms with Crippen LogP contribution in [0, 0.1) is 0 Å². The van der Waals surface area contributed by atoms with Gasteiger partial charge >= 0.3 is 0 Å². The standard InChI is InChI=1S/C73H48/c1-2-21-60-67-61(72-65(48-28-13-6-14-29-48)56-34-19-20-35-57(56)69(73(60)72)55-33-18-16-31-51(55)46-24-9-4-10-25-46)42-39-54-58-41-43-63-68-52(47-26-11-5-12-27-47)38-40-59(53-32-17-15-30-50(53)45-22-7-3-8-23-45)70(68)62-37-36-49(44-64(54)67)66(58)71(62)63/h3-43H,2,44H2,1H3/b60-21+. The molecule has 12 aromatic rings. The molecule has 15 rings (SSSR count). The maximum Gasteiger partial charge on any atom is -0.000682 e. The molecule has 0 aliphatic heterocycles. The molecule has 0 heteroatoms. The fraction of sp³-hybridized carbons (Fsp3) is 0.0411. The Hall–Kier alpha value is -9.10. The van der Waals surface area contributed by atoms with Crippen molar-refractivity contribution in [1.29, 1.82) is 0 Å². The molecule has 0 saturated carbocycles. The Balaban J connectivity index is 0.993. The van der Waals surface area contributed by atoms with Gasteiger partial charge in [0.15, 0.2) is 0 Å². The van der Waals surface area contributed by atoms with Crippen LogP contribution in [0.5, 0.6) is 0 Å². The highest BCUT2D eigenvalue weighted by molar-refractivity contribution is 6.27. The van der Waals surface area contributed by atoms with Crippen molar-refractivity contribution in [1.82, 2.24) is 0 Å². The molecule has 3 aliphatic carbocycles. The lowest BCUT2D eigenvalue weighted by Crippen LogP contribution is -2.05. The lowest BCUT2D eigenvalue weighted by molar-refractivity contribution is 1.18. The van der Waals surface area contributed by atoms with Crippen LogP contribution in [0.3, 0.4) is 0 Å². The van der Waals surface area contributed by atoms with Crippen molar-refractivity contribution in [3.63, 3.8) is 0 Å². The van der Waals surface area contributed by atoms with Crippen molar-refractivity contribution in [2.75, 3.05) is 0 Å². The van der Waals surface area contributed by atoms with E-state index in [4.69, 9.17) is 0 Å². The Morgan fingerprint density at radius 2 is 0.726 bits per heavy atom. The average molecular weight is 925 g/mol. The highest BCUT2D eigenvalue weighted by Gasteiger charge is 2.38. The zero-order valence-corrected chi connectivity index (χ0v) is 40.6. The highest BCUT2D eigenvalue weighted by Crippen LogP contribution is 2.62. The summed E-state index contributed by atoms with van der Waals surface area (Å²) in [7, 11) is 0. The monoisotopic (exact) mass is 924 g/mol. The minimum absolute atomic E-state index is 0.850. The number of fused-ring (bicyclic) bond motifs is 10. The SMILES string of the molecule is CC/C=C1\c2c(ccc3c2Cc2ccc4c5c(ccc-3c25)-c2c(-c3ccccc3)ccc(-c3ccccc3-c3ccccc3)c2-4)-c2c1c(-c1ccccc1-c1ccccc1)c1ccccc1c2-c1ccccc1. The van der Waals surface area contributed by atoms with Gasteiger partial charge in [-0.3, -0.25) is 0 Å². The maximum atomic E-state index is 2.53. The van der Waals surface area contributed by atoms with Crippen LogP contribution in [0.1, 0.15) is 35.6 Å². The van der Waals surface area contributed by atoms with E-state index in [1.807, 2.05) is 0 Å². The van der Waals surface area contributed by atoms with E-state index in [0.717, 1.165) is 12.8 Å². The third-order valence-electron chi connectivity index (χ3n) is 16.1. The molecular weight excluding hydrogens is 877 g/mol. The molecule has 0 nitrogen and oxygen atoms in total. The van der Waals surface area contributed by atoms with Crippen molar-refractivity contribution in [3.05, 3.63) is 271 Å². The highest BCUT2D eigenvalue weighted by atomic mass is 14.4. The molecule has 0 spiro atoms. The number of benzene rings is 12. The van der Waals surface area contributed by atoms with Crippen LogP contribution in [0.4, 0.5) is 0 Å². The summed E-state index contributed by atoms with van der Waals surface area (Å²) in [5.41, 5.74) is 32.7. The van der Waals surface area contributed by atoms with Gasteiger partial charge in [0.05, 0.1) is 0 Å². The van der Waals surface area contributed by atoms with Crippen molar-refractivity contribution in [2.24, 2.45) is 0 Å². The molecule has 3 aliphatic rings. The molecule has 0 N–H and O–H groups in total. The molecule has 0 bridgehead atoms. The minimum atomic E-state index is 0.850. The molecule has 12 aromatic carbocycles. The van der Waals surface area contributed by atoms with Crippen LogP contribution in [0.25, 0.3) is 138 Å². The molecule has 0 radical (unpaired) electrons. The summed E-state index contributed by atoms with van der Waals surface area (Å²) >= 11 is 0. The van der Waals surface area contributed by atoms with Gasteiger partial charge in [0, 0.05) is 0 Å². The Kier molecular flexibility index (Phi) is 9.41. The molecule has 0 unspecified atom stereocenters. The summed E-state index contributed by atoms with van der Waals surface area (Å²) in [5, 5.41) is 5.33. The number of hydrogen-bond acceptors (Lipinski definition) is 0.